The van der Waals surface area contributed by atoms with Crippen molar-refractivity contribution in [3.8, 4) is 0 Å². The molecule has 0 amide bonds. The molecule has 0 atom stereocenters. The molecule has 14 heavy (non-hydrogen) atoms. The van der Waals surface area contributed by atoms with Gasteiger partial charge in [-0.2, -0.15) is 0 Å². The second kappa shape index (κ2) is 6.65. The van der Waals surface area contributed by atoms with Crippen LogP contribution in [0.4, 0.5) is 0 Å². The van der Waals surface area contributed by atoms with Gasteiger partial charge in [0.1, 0.15) is 6.61 Å². The summed E-state index contributed by atoms with van der Waals surface area (Å²) in [5.41, 5.74) is 0.380. The lowest BCUT2D eigenvalue weighted by molar-refractivity contribution is -0.138. The number of esters is 1. The van der Waals surface area contributed by atoms with Crippen LogP contribution < -0.4 is 0 Å². The first-order chi connectivity index (χ1) is 6.45. The summed E-state index contributed by atoms with van der Waals surface area (Å²) in [6.45, 7) is 8.98. The van der Waals surface area contributed by atoms with Crippen molar-refractivity contribution < 1.29 is 14.3 Å². The van der Waals surface area contributed by atoms with Crippen LogP contribution in [0.2, 0.25) is 0 Å². The van der Waals surface area contributed by atoms with Crippen molar-refractivity contribution in [1.82, 2.24) is 0 Å². The van der Waals surface area contributed by atoms with Crippen LogP contribution in [0, 0.1) is 5.92 Å². The number of carbonyl (C=O) groups excluding carboxylic acids is 2. The van der Waals surface area contributed by atoms with E-state index in [1.54, 1.807) is 6.92 Å². The first kappa shape index (κ1) is 13.2. The maximum Gasteiger partial charge on any atom is 0.333 e. The lowest BCUT2D eigenvalue weighted by Crippen LogP contribution is -2.10. The Kier molecular flexibility index (Phi) is 6.28. The molecule has 0 fully saturated rings. The third-order valence-corrected chi connectivity index (χ3v) is 2.51. The molecule has 0 unspecified atom stereocenters. The van der Waals surface area contributed by atoms with E-state index < -0.39 is 5.97 Å². The molecule has 0 aromatic carbocycles. The van der Waals surface area contributed by atoms with Crippen molar-refractivity contribution in [1.29, 1.82) is 0 Å². The van der Waals surface area contributed by atoms with Crippen LogP contribution in [0.1, 0.15) is 20.8 Å². The minimum atomic E-state index is -0.400. The highest BCUT2D eigenvalue weighted by Crippen LogP contribution is 2.09. The quantitative estimate of drug-likeness (QED) is 0.400. The Bertz CT molecular complexity index is 234. The zero-order valence-electron chi connectivity index (χ0n) is 8.83. The highest BCUT2D eigenvalue weighted by Gasteiger charge is 2.08. The molecule has 0 aromatic rings. The molecule has 0 radical (unpaired) electrons. The van der Waals surface area contributed by atoms with E-state index >= 15 is 0 Å². The van der Waals surface area contributed by atoms with Gasteiger partial charge in [0.05, 0.1) is 0 Å². The van der Waals surface area contributed by atoms with Gasteiger partial charge in [-0.05, 0) is 6.92 Å². The molecule has 0 spiro atoms. The summed E-state index contributed by atoms with van der Waals surface area (Å²) < 4.78 is 4.82. The van der Waals surface area contributed by atoms with E-state index in [1.165, 1.54) is 11.8 Å². The predicted molar refractivity (Wildman–Crippen MR) is 58.1 cm³/mol. The van der Waals surface area contributed by atoms with Gasteiger partial charge in [0.25, 0.3) is 0 Å². The summed E-state index contributed by atoms with van der Waals surface area (Å²) >= 11 is 1.19. The van der Waals surface area contributed by atoms with Gasteiger partial charge in [-0.15, -0.1) is 0 Å². The van der Waals surface area contributed by atoms with Gasteiger partial charge in [0.2, 0.25) is 0 Å². The topological polar surface area (TPSA) is 43.4 Å². The SMILES string of the molecule is C=C(C)C(=O)OCCSC(=O)C(C)C. The van der Waals surface area contributed by atoms with Gasteiger partial charge in [0, 0.05) is 17.2 Å². The maximum atomic E-state index is 11.1. The molecule has 0 saturated carbocycles. The van der Waals surface area contributed by atoms with Crippen molar-refractivity contribution in [3.05, 3.63) is 12.2 Å². The zero-order valence-corrected chi connectivity index (χ0v) is 9.65. The van der Waals surface area contributed by atoms with E-state index in [1.807, 2.05) is 13.8 Å². The Labute approximate surface area is 88.9 Å². The summed E-state index contributed by atoms with van der Waals surface area (Å²) in [7, 11) is 0. The smallest absolute Gasteiger partial charge is 0.333 e. The van der Waals surface area contributed by atoms with Crippen LogP contribution in [-0.2, 0) is 14.3 Å². The second-order valence-electron chi connectivity index (χ2n) is 3.24. The number of hydrogen-bond donors (Lipinski definition) is 0. The molecule has 0 bridgehead atoms. The van der Waals surface area contributed by atoms with Gasteiger partial charge in [-0.25, -0.2) is 4.79 Å². The second-order valence-corrected chi connectivity index (χ2v) is 4.34. The fourth-order valence-electron chi connectivity index (χ4n) is 0.566. The monoisotopic (exact) mass is 216 g/mol. The van der Waals surface area contributed by atoms with Gasteiger partial charge < -0.3 is 4.74 Å². The summed E-state index contributed by atoms with van der Waals surface area (Å²) in [5.74, 6) is 0.134. The van der Waals surface area contributed by atoms with Crippen LogP contribution in [0.5, 0.6) is 0 Å². The van der Waals surface area contributed by atoms with Crippen molar-refractivity contribution in [3.63, 3.8) is 0 Å². The molecule has 4 heteroatoms. The Morgan fingerprint density at radius 2 is 2.00 bits per heavy atom. The van der Waals surface area contributed by atoms with E-state index in [2.05, 4.69) is 6.58 Å². The average Bonchev–Trinajstić information content (AvgIpc) is 2.11. The number of carbonyl (C=O) groups is 2. The number of hydrogen-bond acceptors (Lipinski definition) is 4. The van der Waals surface area contributed by atoms with E-state index in [4.69, 9.17) is 4.74 Å². The number of thioether (sulfide) groups is 1. The standard InChI is InChI=1S/C10H16O3S/c1-7(2)9(11)13-5-6-14-10(12)8(3)4/h8H,1,5-6H2,2-4H3. The minimum Gasteiger partial charge on any atom is -0.461 e. The van der Waals surface area contributed by atoms with Gasteiger partial charge in [0.15, 0.2) is 5.12 Å². The van der Waals surface area contributed by atoms with Gasteiger partial charge in [-0.1, -0.05) is 32.2 Å². The number of rotatable bonds is 5. The zero-order chi connectivity index (χ0) is 11.1. The Balaban J connectivity index is 3.52. The molecule has 0 heterocycles. The van der Waals surface area contributed by atoms with Crippen LogP contribution in [0.3, 0.4) is 0 Å². The molecule has 0 aromatic heterocycles. The van der Waals surface area contributed by atoms with E-state index in [9.17, 15) is 9.59 Å². The van der Waals surface area contributed by atoms with Crippen molar-refractivity contribution in [2.75, 3.05) is 12.4 Å². The third-order valence-electron chi connectivity index (χ3n) is 1.38. The largest absolute Gasteiger partial charge is 0.461 e. The summed E-state index contributed by atoms with van der Waals surface area (Å²) in [6.07, 6.45) is 0. The highest BCUT2D eigenvalue weighted by molar-refractivity contribution is 8.13. The fourth-order valence-corrected chi connectivity index (χ4v) is 1.27. The third kappa shape index (κ3) is 5.80. The average molecular weight is 216 g/mol. The minimum absolute atomic E-state index is 0.0249. The molecular weight excluding hydrogens is 200 g/mol. The Hall–Kier alpha value is -0.770. The molecule has 0 rings (SSSR count). The molecule has 0 aliphatic heterocycles. The molecule has 80 valence electrons. The van der Waals surface area contributed by atoms with E-state index in [0.29, 0.717) is 11.3 Å². The molecule has 0 aliphatic carbocycles. The Morgan fingerprint density at radius 1 is 1.43 bits per heavy atom. The predicted octanol–water partition coefficient (Wildman–Crippen LogP) is 2.02. The first-order valence-corrected chi connectivity index (χ1v) is 5.43. The normalized spacial score (nSPS) is 10.0. The fraction of sp³-hybridized carbons (Fsp3) is 0.600. The lowest BCUT2D eigenvalue weighted by Gasteiger charge is -2.04. The molecular formula is C10H16O3S. The van der Waals surface area contributed by atoms with Crippen LogP contribution in [-0.4, -0.2) is 23.4 Å². The molecule has 0 N–H and O–H groups in total. The lowest BCUT2D eigenvalue weighted by atomic mass is 10.3. The number of ether oxygens (including phenoxy) is 1. The Morgan fingerprint density at radius 3 is 2.43 bits per heavy atom. The van der Waals surface area contributed by atoms with Gasteiger partial charge >= 0.3 is 5.97 Å². The first-order valence-electron chi connectivity index (χ1n) is 4.44. The van der Waals surface area contributed by atoms with Crippen molar-refractivity contribution in [2.24, 2.45) is 5.92 Å². The molecule has 0 saturated heterocycles. The maximum absolute atomic E-state index is 11.1. The van der Waals surface area contributed by atoms with E-state index in [0.717, 1.165) is 0 Å². The van der Waals surface area contributed by atoms with Crippen molar-refractivity contribution in [2.45, 2.75) is 20.8 Å². The summed E-state index contributed by atoms with van der Waals surface area (Å²) in [4.78, 5) is 22.0. The molecule has 3 nitrogen and oxygen atoms in total. The molecule has 0 aliphatic rings. The summed E-state index contributed by atoms with van der Waals surface area (Å²) in [5, 5.41) is 0.122. The van der Waals surface area contributed by atoms with Crippen LogP contribution in [0.25, 0.3) is 0 Å². The van der Waals surface area contributed by atoms with Crippen LogP contribution in [0.15, 0.2) is 12.2 Å². The van der Waals surface area contributed by atoms with Crippen LogP contribution >= 0.6 is 11.8 Å². The van der Waals surface area contributed by atoms with Gasteiger partial charge in [-0.3, -0.25) is 4.79 Å². The van der Waals surface area contributed by atoms with Crippen molar-refractivity contribution >= 4 is 22.8 Å². The van der Waals surface area contributed by atoms with E-state index in [-0.39, 0.29) is 17.6 Å². The highest BCUT2D eigenvalue weighted by atomic mass is 32.2. The summed E-state index contributed by atoms with van der Waals surface area (Å²) in [6, 6.07) is 0.